The van der Waals surface area contributed by atoms with Crippen molar-refractivity contribution in [3.63, 3.8) is 0 Å². The molecule has 0 saturated carbocycles. The first-order valence-corrected chi connectivity index (χ1v) is 7.20. The molecule has 1 N–H and O–H groups in total. The zero-order valence-electron chi connectivity index (χ0n) is 12.1. The van der Waals surface area contributed by atoms with E-state index in [1.54, 1.807) is 11.1 Å². The number of likely N-dealkylation sites (tertiary alicyclic amines) is 1. The molecule has 2 heterocycles. The highest BCUT2D eigenvalue weighted by Crippen LogP contribution is 2.16. The average Bonchev–Trinajstić information content (AvgIpc) is 3.08. The van der Waals surface area contributed by atoms with Crippen LogP contribution in [0.5, 0.6) is 0 Å². The molecule has 6 heteroatoms. The van der Waals surface area contributed by atoms with Crippen LogP contribution >= 0.6 is 0 Å². The molecular weight excluding hydrogens is 256 g/mol. The van der Waals surface area contributed by atoms with Crippen molar-refractivity contribution in [1.82, 2.24) is 19.8 Å². The highest BCUT2D eigenvalue weighted by Gasteiger charge is 2.27. The Morgan fingerprint density at radius 2 is 2.10 bits per heavy atom. The van der Waals surface area contributed by atoms with Crippen LogP contribution in [-0.2, 0) is 16.6 Å². The van der Waals surface area contributed by atoms with Gasteiger partial charge in [0, 0.05) is 32.5 Å². The molecule has 2 amide bonds. The van der Waals surface area contributed by atoms with Gasteiger partial charge in [-0.05, 0) is 19.3 Å². The minimum atomic E-state index is -0.520. The Labute approximate surface area is 119 Å². The number of aromatic nitrogens is 2. The molecule has 0 radical (unpaired) electrons. The number of nitrogens with one attached hydrogen (secondary N) is 1. The fraction of sp³-hybridized carbons (Fsp3) is 0.643. The maximum atomic E-state index is 12.1. The summed E-state index contributed by atoms with van der Waals surface area (Å²) >= 11 is 0. The van der Waals surface area contributed by atoms with Crippen LogP contribution < -0.4 is 5.32 Å². The van der Waals surface area contributed by atoms with Crippen molar-refractivity contribution in [3.05, 3.63) is 18.2 Å². The molecule has 0 spiro atoms. The molecule has 1 saturated heterocycles. The standard InChI is InChI=1S/C14H22N4O2/c1-3-6-11(12-15-7-10-17(12)2)16-13(19)14(20)18-8-4-5-9-18/h7,10-11H,3-6,8-9H2,1-2H3,(H,16,19). The second kappa shape index (κ2) is 6.54. The monoisotopic (exact) mass is 278 g/mol. The van der Waals surface area contributed by atoms with E-state index in [4.69, 9.17) is 0 Å². The van der Waals surface area contributed by atoms with Gasteiger partial charge in [-0.25, -0.2) is 4.98 Å². The Bertz CT molecular complexity index is 477. The van der Waals surface area contributed by atoms with Crippen LogP contribution in [0.3, 0.4) is 0 Å². The van der Waals surface area contributed by atoms with E-state index in [-0.39, 0.29) is 6.04 Å². The van der Waals surface area contributed by atoms with Gasteiger partial charge in [0.25, 0.3) is 0 Å². The molecular formula is C14H22N4O2. The van der Waals surface area contributed by atoms with E-state index >= 15 is 0 Å². The molecule has 1 aromatic rings. The molecule has 20 heavy (non-hydrogen) atoms. The molecule has 1 atom stereocenters. The van der Waals surface area contributed by atoms with Crippen molar-refractivity contribution < 1.29 is 9.59 Å². The first kappa shape index (κ1) is 14.6. The van der Waals surface area contributed by atoms with E-state index in [9.17, 15) is 9.59 Å². The SMILES string of the molecule is CCCC(NC(=O)C(=O)N1CCCC1)c1nccn1C. The Morgan fingerprint density at radius 3 is 2.65 bits per heavy atom. The molecule has 1 aliphatic heterocycles. The number of rotatable bonds is 4. The summed E-state index contributed by atoms with van der Waals surface area (Å²) in [6, 6.07) is -0.209. The highest BCUT2D eigenvalue weighted by molar-refractivity contribution is 6.35. The van der Waals surface area contributed by atoms with Crippen LogP contribution in [0, 0.1) is 0 Å². The quantitative estimate of drug-likeness (QED) is 0.836. The van der Waals surface area contributed by atoms with Gasteiger partial charge in [-0.15, -0.1) is 0 Å². The van der Waals surface area contributed by atoms with Crippen molar-refractivity contribution in [2.24, 2.45) is 7.05 Å². The topological polar surface area (TPSA) is 67.2 Å². The number of hydrogen-bond donors (Lipinski definition) is 1. The molecule has 0 aliphatic carbocycles. The Kier molecular flexibility index (Phi) is 4.76. The minimum absolute atomic E-state index is 0.209. The summed E-state index contributed by atoms with van der Waals surface area (Å²) in [7, 11) is 1.89. The van der Waals surface area contributed by atoms with Gasteiger partial charge in [-0.3, -0.25) is 9.59 Å². The van der Waals surface area contributed by atoms with E-state index in [2.05, 4.69) is 10.3 Å². The summed E-state index contributed by atoms with van der Waals surface area (Å²) in [6.07, 6.45) is 7.19. The summed E-state index contributed by atoms with van der Waals surface area (Å²) in [4.78, 5) is 30.0. The van der Waals surface area contributed by atoms with Crippen LogP contribution in [0.15, 0.2) is 12.4 Å². The van der Waals surface area contributed by atoms with Crippen molar-refractivity contribution >= 4 is 11.8 Å². The number of aryl methyl sites for hydroxylation is 1. The number of hydrogen-bond acceptors (Lipinski definition) is 3. The predicted octanol–water partition coefficient (Wildman–Crippen LogP) is 1.000. The van der Waals surface area contributed by atoms with Gasteiger partial charge < -0.3 is 14.8 Å². The summed E-state index contributed by atoms with van der Waals surface area (Å²) in [5.41, 5.74) is 0. The zero-order valence-corrected chi connectivity index (χ0v) is 12.1. The third-order valence-electron chi connectivity index (χ3n) is 3.64. The lowest BCUT2D eigenvalue weighted by Crippen LogP contribution is -2.43. The molecule has 6 nitrogen and oxygen atoms in total. The summed E-state index contributed by atoms with van der Waals surface area (Å²) in [5, 5.41) is 2.82. The number of imidazole rings is 1. The molecule has 0 bridgehead atoms. The lowest BCUT2D eigenvalue weighted by Gasteiger charge is -2.20. The minimum Gasteiger partial charge on any atom is -0.338 e. The number of nitrogens with zero attached hydrogens (tertiary/aromatic N) is 3. The molecule has 2 rings (SSSR count). The van der Waals surface area contributed by atoms with Crippen LogP contribution in [0.1, 0.15) is 44.5 Å². The van der Waals surface area contributed by atoms with Gasteiger partial charge in [0.2, 0.25) is 0 Å². The van der Waals surface area contributed by atoms with Gasteiger partial charge in [0.15, 0.2) is 0 Å². The van der Waals surface area contributed by atoms with E-state index in [0.29, 0.717) is 13.1 Å². The smallest absolute Gasteiger partial charge is 0.311 e. The second-order valence-electron chi connectivity index (χ2n) is 5.21. The molecule has 1 aliphatic rings. The van der Waals surface area contributed by atoms with Crippen LogP contribution in [0.2, 0.25) is 0 Å². The number of carbonyl (C=O) groups excluding carboxylic acids is 2. The predicted molar refractivity (Wildman–Crippen MR) is 74.8 cm³/mol. The van der Waals surface area contributed by atoms with Gasteiger partial charge in [-0.1, -0.05) is 13.3 Å². The third-order valence-corrected chi connectivity index (χ3v) is 3.64. The fourth-order valence-electron chi connectivity index (χ4n) is 2.55. The molecule has 0 aromatic carbocycles. The Morgan fingerprint density at radius 1 is 1.40 bits per heavy atom. The van der Waals surface area contributed by atoms with Crippen LogP contribution in [0.4, 0.5) is 0 Å². The van der Waals surface area contributed by atoms with Gasteiger partial charge in [-0.2, -0.15) is 0 Å². The van der Waals surface area contributed by atoms with E-state index < -0.39 is 11.8 Å². The molecule has 1 fully saturated rings. The molecule has 1 aromatic heterocycles. The van der Waals surface area contributed by atoms with Crippen molar-refractivity contribution in [2.75, 3.05) is 13.1 Å². The second-order valence-corrected chi connectivity index (χ2v) is 5.21. The lowest BCUT2D eigenvalue weighted by atomic mass is 10.1. The first-order valence-electron chi connectivity index (χ1n) is 7.20. The van der Waals surface area contributed by atoms with Gasteiger partial charge in [0.1, 0.15) is 5.82 Å². The van der Waals surface area contributed by atoms with Crippen LogP contribution in [0.25, 0.3) is 0 Å². The largest absolute Gasteiger partial charge is 0.338 e. The zero-order chi connectivity index (χ0) is 14.5. The summed E-state index contributed by atoms with van der Waals surface area (Å²) < 4.78 is 1.88. The van der Waals surface area contributed by atoms with Crippen LogP contribution in [-0.4, -0.2) is 39.4 Å². The van der Waals surface area contributed by atoms with E-state index in [1.165, 1.54) is 0 Å². The number of amides is 2. The lowest BCUT2D eigenvalue weighted by molar-refractivity contribution is -0.145. The van der Waals surface area contributed by atoms with Crippen molar-refractivity contribution in [1.29, 1.82) is 0 Å². The van der Waals surface area contributed by atoms with E-state index in [1.807, 2.05) is 24.7 Å². The summed E-state index contributed by atoms with van der Waals surface area (Å²) in [5.74, 6) is -0.152. The number of carbonyl (C=O) groups is 2. The van der Waals surface area contributed by atoms with Gasteiger partial charge >= 0.3 is 11.8 Å². The third kappa shape index (κ3) is 3.18. The first-order chi connectivity index (χ1) is 9.63. The van der Waals surface area contributed by atoms with Crippen molar-refractivity contribution in [3.8, 4) is 0 Å². The van der Waals surface area contributed by atoms with Crippen molar-refractivity contribution in [2.45, 2.75) is 38.6 Å². The maximum absolute atomic E-state index is 12.1. The summed E-state index contributed by atoms with van der Waals surface area (Å²) in [6.45, 7) is 3.42. The van der Waals surface area contributed by atoms with E-state index in [0.717, 1.165) is 31.5 Å². The Balaban J connectivity index is 2.02. The fourth-order valence-corrected chi connectivity index (χ4v) is 2.55. The van der Waals surface area contributed by atoms with Gasteiger partial charge in [0.05, 0.1) is 6.04 Å². The maximum Gasteiger partial charge on any atom is 0.311 e. The molecule has 110 valence electrons. The molecule has 1 unspecified atom stereocenters. The highest BCUT2D eigenvalue weighted by atomic mass is 16.2. The average molecular weight is 278 g/mol. The Hall–Kier alpha value is -1.85. The normalized spacial score (nSPS) is 16.2.